The molecule has 1 aromatic carbocycles. The number of halogens is 1. The average Bonchev–Trinajstić information content (AvgIpc) is 3.15. The fourth-order valence-electron chi connectivity index (χ4n) is 1.92. The smallest absolute Gasteiger partial charge is 0.282 e. The Balaban J connectivity index is 1.54. The molecule has 11 heteroatoms. The molecule has 0 bridgehead atoms. The first kappa shape index (κ1) is 18.7. The Morgan fingerprint density at radius 2 is 2.11 bits per heavy atom. The van der Waals surface area contributed by atoms with E-state index >= 15 is 0 Å². The number of nitrogens with one attached hydrogen (secondary N) is 1. The Bertz CT molecular complexity index is 1000. The van der Waals surface area contributed by atoms with E-state index in [1.165, 1.54) is 30.1 Å². The lowest BCUT2D eigenvalue weighted by atomic mass is 10.2. The second-order valence-electron chi connectivity index (χ2n) is 5.16. The number of nitrogens with zero attached hydrogens (tertiary/aromatic N) is 5. The lowest BCUT2D eigenvalue weighted by molar-refractivity contribution is 0.0950. The van der Waals surface area contributed by atoms with Crippen molar-refractivity contribution in [3.63, 3.8) is 0 Å². The van der Waals surface area contributed by atoms with Crippen molar-refractivity contribution in [3.05, 3.63) is 57.4 Å². The highest BCUT2D eigenvalue weighted by atomic mass is 32.2. The molecule has 0 aliphatic rings. The molecule has 27 heavy (non-hydrogen) atoms. The molecule has 0 spiro atoms. The van der Waals surface area contributed by atoms with Crippen LogP contribution >= 0.6 is 23.1 Å². The number of carbonyl (C=O) groups excluding carboxylic acids is 1. The summed E-state index contributed by atoms with van der Waals surface area (Å²) in [6.45, 7) is 0.265. The maximum absolute atomic E-state index is 12.9. The predicted molar refractivity (Wildman–Crippen MR) is 98.2 cm³/mol. The maximum atomic E-state index is 12.9. The number of amides is 1. The van der Waals surface area contributed by atoms with Gasteiger partial charge >= 0.3 is 0 Å². The molecule has 1 amide bonds. The van der Waals surface area contributed by atoms with Gasteiger partial charge in [0.15, 0.2) is 5.16 Å². The number of rotatable bonds is 6. The lowest BCUT2D eigenvalue weighted by Gasteiger charge is -2.02. The summed E-state index contributed by atoms with van der Waals surface area (Å²) in [5.41, 5.74) is 6.64. The Morgan fingerprint density at radius 3 is 2.81 bits per heavy atom. The molecule has 0 radical (unpaired) electrons. The number of hydrogen-bond donors (Lipinski definition) is 2. The minimum atomic E-state index is -0.355. The van der Waals surface area contributed by atoms with E-state index in [1.54, 1.807) is 12.1 Å². The molecular weight excluding hydrogens is 389 g/mol. The summed E-state index contributed by atoms with van der Waals surface area (Å²) >= 11 is 2.43. The van der Waals surface area contributed by atoms with Gasteiger partial charge in [-0.1, -0.05) is 35.2 Å². The lowest BCUT2D eigenvalue weighted by Crippen LogP contribution is -2.22. The van der Waals surface area contributed by atoms with Gasteiger partial charge in [0.05, 0.1) is 11.9 Å². The number of aromatic nitrogens is 4. The van der Waals surface area contributed by atoms with Gasteiger partial charge in [-0.2, -0.15) is 5.26 Å². The monoisotopic (exact) mass is 401 g/mol. The summed E-state index contributed by atoms with van der Waals surface area (Å²) in [7, 11) is 0. The molecule has 2 heterocycles. The first-order valence-electron chi connectivity index (χ1n) is 7.55. The Morgan fingerprint density at radius 1 is 1.33 bits per heavy atom. The van der Waals surface area contributed by atoms with Gasteiger partial charge in [0, 0.05) is 6.54 Å². The molecular formula is C16H12FN7OS2. The van der Waals surface area contributed by atoms with Crippen LogP contribution in [-0.4, -0.2) is 26.1 Å². The van der Waals surface area contributed by atoms with Gasteiger partial charge < -0.3 is 11.1 Å². The quantitative estimate of drug-likeness (QED) is 0.474. The summed E-state index contributed by atoms with van der Waals surface area (Å²) in [4.78, 5) is 20.2. The average molecular weight is 401 g/mol. The van der Waals surface area contributed by atoms with Crippen molar-refractivity contribution in [2.24, 2.45) is 0 Å². The number of anilines is 1. The van der Waals surface area contributed by atoms with Crippen LogP contribution in [0.4, 0.5) is 10.2 Å². The molecule has 3 rings (SSSR count). The van der Waals surface area contributed by atoms with E-state index in [0.29, 0.717) is 15.9 Å². The Labute approximate surface area is 161 Å². The molecule has 0 aliphatic carbocycles. The van der Waals surface area contributed by atoms with Crippen LogP contribution in [0.1, 0.15) is 25.9 Å². The summed E-state index contributed by atoms with van der Waals surface area (Å²) < 4.78 is 12.9. The second-order valence-corrected chi connectivity index (χ2v) is 7.17. The second kappa shape index (κ2) is 8.52. The fourth-order valence-corrected chi connectivity index (χ4v) is 3.49. The molecule has 3 N–H and O–H groups in total. The van der Waals surface area contributed by atoms with Gasteiger partial charge in [-0.15, -0.1) is 10.2 Å². The normalized spacial score (nSPS) is 10.4. The van der Waals surface area contributed by atoms with Gasteiger partial charge in [-0.3, -0.25) is 4.79 Å². The van der Waals surface area contributed by atoms with Crippen molar-refractivity contribution >= 4 is 34.8 Å². The van der Waals surface area contributed by atoms with Crippen molar-refractivity contribution in [1.82, 2.24) is 25.5 Å². The standard InChI is InChI=1S/C16H12FN7OS2/c17-11-3-1-9(2-4-11)6-20-14(25)15-24-23-12(27-15)8-26-16-21-7-10(5-18)13(19)22-16/h1-4,7H,6,8H2,(H,20,25)(H2,19,21,22). The third-order valence-electron chi connectivity index (χ3n) is 3.27. The molecule has 8 nitrogen and oxygen atoms in total. The molecule has 0 fully saturated rings. The molecule has 3 aromatic rings. The summed E-state index contributed by atoms with van der Waals surface area (Å²) in [5, 5.41) is 20.6. The summed E-state index contributed by atoms with van der Waals surface area (Å²) in [5.74, 6) is -0.154. The first-order chi connectivity index (χ1) is 13.0. The van der Waals surface area contributed by atoms with E-state index in [-0.39, 0.29) is 34.7 Å². The molecule has 0 aliphatic heterocycles. The third kappa shape index (κ3) is 4.96. The Kier molecular flexibility index (Phi) is 5.90. The highest BCUT2D eigenvalue weighted by Crippen LogP contribution is 2.22. The molecule has 0 saturated carbocycles. The van der Waals surface area contributed by atoms with Crippen LogP contribution < -0.4 is 11.1 Å². The third-order valence-corrected chi connectivity index (χ3v) is 5.25. The van der Waals surface area contributed by atoms with Crippen molar-refractivity contribution < 1.29 is 9.18 Å². The van der Waals surface area contributed by atoms with Gasteiger partial charge in [0.2, 0.25) is 5.01 Å². The Hall–Kier alpha value is -3.10. The van der Waals surface area contributed by atoms with Crippen molar-refractivity contribution in [3.8, 4) is 6.07 Å². The van der Waals surface area contributed by atoms with Crippen molar-refractivity contribution in [2.45, 2.75) is 17.5 Å². The topological polar surface area (TPSA) is 130 Å². The molecule has 0 unspecified atom stereocenters. The molecule has 136 valence electrons. The minimum Gasteiger partial charge on any atom is -0.382 e. The number of carbonyl (C=O) groups is 1. The number of nitrogens with two attached hydrogens (primary N) is 1. The largest absolute Gasteiger partial charge is 0.382 e. The van der Waals surface area contributed by atoms with Crippen LogP contribution in [0.5, 0.6) is 0 Å². The van der Waals surface area contributed by atoms with Gasteiger partial charge in [-0.25, -0.2) is 14.4 Å². The van der Waals surface area contributed by atoms with E-state index in [1.807, 2.05) is 6.07 Å². The van der Waals surface area contributed by atoms with Gasteiger partial charge in [0.25, 0.3) is 5.91 Å². The van der Waals surface area contributed by atoms with Crippen molar-refractivity contribution in [1.29, 1.82) is 5.26 Å². The highest BCUT2D eigenvalue weighted by molar-refractivity contribution is 7.98. The van der Waals surface area contributed by atoms with Crippen LogP contribution in [0.3, 0.4) is 0 Å². The summed E-state index contributed by atoms with van der Waals surface area (Å²) in [6.07, 6.45) is 1.36. The van der Waals surface area contributed by atoms with E-state index in [2.05, 4.69) is 25.5 Å². The zero-order valence-corrected chi connectivity index (χ0v) is 15.4. The molecule has 0 atom stereocenters. The van der Waals surface area contributed by atoms with E-state index in [0.717, 1.165) is 16.9 Å². The minimum absolute atomic E-state index is 0.119. The number of hydrogen-bond acceptors (Lipinski definition) is 9. The maximum Gasteiger partial charge on any atom is 0.282 e. The molecule has 2 aromatic heterocycles. The van der Waals surface area contributed by atoms with Crippen LogP contribution in [0.25, 0.3) is 0 Å². The van der Waals surface area contributed by atoms with Crippen LogP contribution in [0.15, 0.2) is 35.6 Å². The number of nitriles is 1. The van der Waals surface area contributed by atoms with Crippen LogP contribution in [0, 0.1) is 17.1 Å². The van der Waals surface area contributed by atoms with Crippen LogP contribution in [-0.2, 0) is 12.3 Å². The number of thioether (sulfide) groups is 1. The number of nitrogen functional groups attached to an aromatic ring is 1. The van der Waals surface area contributed by atoms with Gasteiger partial charge in [0.1, 0.15) is 28.3 Å². The van der Waals surface area contributed by atoms with Gasteiger partial charge in [-0.05, 0) is 17.7 Å². The first-order valence-corrected chi connectivity index (χ1v) is 9.36. The van der Waals surface area contributed by atoms with Crippen molar-refractivity contribution in [2.75, 3.05) is 5.73 Å². The molecule has 0 saturated heterocycles. The zero-order chi connectivity index (χ0) is 19.2. The summed E-state index contributed by atoms with van der Waals surface area (Å²) in [6, 6.07) is 7.76. The SMILES string of the molecule is N#Cc1cnc(SCc2nnc(C(=O)NCc3ccc(F)cc3)s2)nc1N. The number of benzene rings is 1. The van der Waals surface area contributed by atoms with Crippen LogP contribution in [0.2, 0.25) is 0 Å². The van der Waals surface area contributed by atoms with E-state index < -0.39 is 0 Å². The highest BCUT2D eigenvalue weighted by Gasteiger charge is 2.13. The fraction of sp³-hybridized carbons (Fsp3) is 0.125. The predicted octanol–water partition coefficient (Wildman–Crippen LogP) is 2.14. The zero-order valence-electron chi connectivity index (χ0n) is 13.7. The van der Waals surface area contributed by atoms with E-state index in [4.69, 9.17) is 11.0 Å². The van der Waals surface area contributed by atoms with E-state index in [9.17, 15) is 9.18 Å².